The molecular formula is C12H17N5O. The first kappa shape index (κ1) is 12.3. The Bertz CT molecular complexity index is 555. The van der Waals surface area contributed by atoms with Gasteiger partial charge < -0.3 is 5.32 Å². The predicted octanol–water partition coefficient (Wildman–Crippen LogP) is 0.875. The monoisotopic (exact) mass is 247 g/mol. The van der Waals surface area contributed by atoms with Crippen LogP contribution in [0.25, 0.3) is 0 Å². The molecule has 2 heterocycles. The SMILES string of the molecule is CCn1cc(C(=O)NCc2cc(C)nn2C)cn1. The van der Waals surface area contributed by atoms with Crippen molar-refractivity contribution >= 4 is 5.91 Å². The molecule has 6 nitrogen and oxygen atoms in total. The lowest BCUT2D eigenvalue weighted by molar-refractivity contribution is 0.0950. The van der Waals surface area contributed by atoms with Crippen molar-refractivity contribution in [3.05, 3.63) is 35.4 Å². The Morgan fingerprint density at radius 2 is 2.28 bits per heavy atom. The van der Waals surface area contributed by atoms with E-state index in [-0.39, 0.29) is 5.91 Å². The van der Waals surface area contributed by atoms with Crippen LogP contribution in [-0.2, 0) is 20.1 Å². The molecule has 2 rings (SSSR count). The van der Waals surface area contributed by atoms with Gasteiger partial charge in [0.1, 0.15) is 0 Å². The maximum Gasteiger partial charge on any atom is 0.254 e. The van der Waals surface area contributed by atoms with Gasteiger partial charge in [-0.1, -0.05) is 0 Å². The van der Waals surface area contributed by atoms with Gasteiger partial charge in [0.05, 0.1) is 29.7 Å². The van der Waals surface area contributed by atoms with Crippen molar-refractivity contribution in [1.82, 2.24) is 24.9 Å². The second-order valence-electron chi connectivity index (χ2n) is 4.17. The van der Waals surface area contributed by atoms with Gasteiger partial charge in [-0.25, -0.2) is 0 Å². The first-order valence-electron chi connectivity index (χ1n) is 5.90. The number of nitrogens with one attached hydrogen (secondary N) is 1. The molecule has 0 saturated heterocycles. The van der Waals surface area contributed by atoms with E-state index in [0.717, 1.165) is 17.9 Å². The van der Waals surface area contributed by atoms with Gasteiger partial charge in [0.15, 0.2) is 0 Å². The van der Waals surface area contributed by atoms with E-state index in [2.05, 4.69) is 15.5 Å². The lowest BCUT2D eigenvalue weighted by atomic mass is 10.3. The molecule has 0 saturated carbocycles. The van der Waals surface area contributed by atoms with Crippen LogP contribution in [0.15, 0.2) is 18.5 Å². The minimum Gasteiger partial charge on any atom is -0.346 e. The summed E-state index contributed by atoms with van der Waals surface area (Å²) in [5, 5.41) is 11.2. The van der Waals surface area contributed by atoms with E-state index < -0.39 is 0 Å². The third kappa shape index (κ3) is 2.58. The maximum atomic E-state index is 11.9. The Balaban J connectivity index is 1.98. The van der Waals surface area contributed by atoms with Crippen molar-refractivity contribution in [1.29, 1.82) is 0 Å². The third-order valence-corrected chi connectivity index (χ3v) is 2.75. The molecule has 0 aliphatic heterocycles. The van der Waals surface area contributed by atoms with Crippen molar-refractivity contribution in [2.24, 2.45) is 7.05 Å². The lowest BCUT2D eigenvalue weighted by Crippen LogP contribution is -2.23. The minimum atomic E-state index is -0.117. The molecule has 0 aromatic carbocycles. The highest BCUT2D eigenvalue weighted by atomic mass is 16.1. The number of carbonyl (C=O) groups excluding carboxylic acids is 1. The summed E-state index contributed by atoms with van der Waals surface area (Å²) in [5.74, 6) is -0.117. The van der Waals surface area contributed by atoms with Crippen LogP contribution in [-0.4, -0.2) is 25.5 Å². The van der Waals surface area contributed by atoms with Crippen molar-refractivity contribution in [3.8, 4) is 0 Å². The van der Waals surface area contributed by atoms with Crippen LogP contribution in [0.2, 0.25) is 0 Å². The quantitative estimate of drug-likeness (QED) is 0.872. The zero-order chi connectivity index (χ0) is 13.1. The number of carbonyl (C=O) groups is 1. The number of aromatic nitrogens is 4. The van der Waals surface area contributed by atoms with Gasteiger partial charge in [0.25, 0.3) is 5.91 Å². The molecule has 0 unspecified atom stereocenters. The zero-order valence-electron chi connectivity index (χ0n) is 10.8. The summed E-state index contributed by atoms with van der Waals surface area (Å²) < 4.78 is 3.49. The average molecular weight is 247 g/mol. The highest BCUT2D eigenvalue weighted by Gasteiger charge is 2.09. The second-order valence-corrected chi connectivity index (χ2v) is 4.17. The van der Waals surface area contributed by atoms with Crippen LogP contribution in [0.1, 0.15) is 28.7 Å². The molecule has 2 aromatic rings. The van der Waals surface area contributed by atoms with Gasteiger partial charge in [0, 0.05) is 19.8 Å². The fraction of sp³-hybridized carbons (Fsp3) is 0.417. The molecule has 0 aliphatic rings. The molecule has 0 aliphatic carbocycles. The molecule has 0 bridgehead atoms. The first-order chi connectivity index (χ1) is 8.60. The maximum absolute atomic E-state index is 11.9. The number of aryl methyl sites for hydroxylation is 3. The van der Waals surface area contributed by atoms with Crippen molar-refractivity contribution in [3.63, 3.8) is 0 Å². The van der Waals surface area contributed by atoms with Crippen molar-refractivity contribution in [2.75, 3.05) is 0 Å². The van der Waals surface area contributed by atoms with Crippen molar-refractivity contribution < 1.29 is 4.79 Å². The smallest absolute Gasteiger partial charge is 0.254 e. The Morgan fingerprint density at radius 3 is 2.83 bits per heavy atom. The molecule has 6 heteroatoms. The molecule has 0 radical (unpaired) electrons. The topological polar surface area (TPSA) is 64.7 Å². The molecular weight excluding hydrogens is 230 g/mol. The largest absolute Gasteiger partial charge is 0.346 e. The second kappa shape index (κ2) is 5.03. The number of amides is 1. The lowest BCUT2D eigenvalue weighted by Gasteiger charge is -2.03. The van der Waals surface area contributed by atoms with Gasteiger partial charge in [-0.3, -0.25) is 14.2 Å². The Labute approximate surface area is 106 Å². The summed E-state index contributed by atoms with van der Waals surface area (Å²) in [6, 6.07) is 1.95. The predicted molar refractivity (Wildman–Crippen MR) is 67.0 cm³/mol. The van der Waals surface area contributed by atoms with Gasteiger partial charge >= 0.3 is 0 Å². The van der Waals surface area contributed by atoms with Crippen LogP contribution in [0.5, 0.6) is 0 Å². The van der Waals surface area contributed by atoms with Gasteiger partial charge in [-0.2, -0.15) is 10.2 Å². The first-order valence-corrected chi connectivity index (χ1v) is 5.90. The van der Waals surface area contributed by atoms with E-state index in [1.165, 1.54) is 0 Å². The summed E-state index contributed by atoms with van der Waals surface area (Å²) in [6.07, 6.45) is 3.32. The minimum absolute atomic E-state index is 0.117. The molecule has 18 heavy (non-hydrogen) atoms. The van der Waals surface area contributed by atoms with Crippen LogP contribution in [0.4, 0.5) is 0 Å². The molecule has 0 spiro atoms. The van der Waals surface area contributed by atoms with E-state index in [9.17, 15) is 4.79 Å². The van der Waals surface area contributed by atoms with E-state index >= 15 is 0 Å². The van der Waals surface area contributed by atoms with Gasteiger partial charge in [-0.05, 0) is 19.9 Å². The normalized spacial score (nSPS) is 10.6. The number of rotatable bonds is 4. The molecule has 1 amide bonds. The van der Waals surface area contributed by atoms with E-state index in [1.807, 2.05) is 27.0 Å². The molecule has 96 valence electrons. The summed E-state index contributed by atoms with van der Waals surface area (Å²) in [7, 11) is 1.86. The summed E-state index contributed by atoms with van der Waals surface area (Å²) >= 11 is 0. The van der Waals surface area contributed by atoms with E-state index in [0.29, 0.717) is 12.1 Å². The molecule has 1 N–H and O–H groups in total. The van der Waals surface area contributed by atoms with Gasteiger partial charge in [0.2, 0.25) is 0 Å². The number of hydrogen-bond acceptors (Lipinski definition) is 3. The Kier molecular flexibility index (Phi) is 3.45. The molecule has 0 atom stereocenters. The van der Waals surface area contributed by atoms with Gasteiger partial charge in [-0.15, -0.1) is 0 Å². The molecule has 0 fully saturated rings. The standard InChI is InChI=1S/C12H17N5O/c1-4-17-8-10(6-14-17)12(18)13-7-11-5-9(2)15-16(11)3/h5-6,8H,4,7H2,1-3H3,(H,13,18). The zero-order valence-corrected chi connectivity index (χ0v) is 10.8. The summed E-state index contributed by atoms with van der Waals surface area (Å²) in [5.41, 5.74) is 2.50. The summed E-state index contributed by atoms with van der Waals surface area (Å²) in [6.45, 7) is 5.13. The van der Waals surface area contributed by atoms with Crippen molar-refractivity contribution in [2.45, 2.75) is 26.9 Å². The average Bonchev–Trinajstić information content (AvgIpc) is 2.93. The van der Waals surface area contributed by atoms with E-state index in [1.54, 1.807) is 21.8 Å². The number of nitrogens with zero attached hydrogens (tertiary/aromatic N) is 4. The highest BCUT2D eigenvalue weighted by molar-refractivity contribution is 5.93. The molecule has 2 aromatic heterocycles. The van der Waals surface area contributed by atoms with Crippen LogP contribution in [0.3, 0.4) is 0 Å². The Morgan fingerprint density at radius 1 is 1.50 bits per heavy atom. The van der Waals surface area contributed by atoms with Crippen LogP contribution >= 0.6 is 0 Å². The highest BCUT2D eigenvalue weighted by Crippen LogP contribution is 2.02. The van der Waals surface area contributed by atoms with Crippen LogP contribution in [0, 0.1) is 6.92 Å². The van der Waals surface area contributed by atoms with E-state index in [4.69, 9.17) is 0 Å². The fourth-order valence-electron chi connectivity index (χ4n) is 1.76. The fourth-order valence-corrected chi connectivity index (χ4v) is 1.76. The third-order valence-electron chi connectivity index (χ3n) is 2.75. The Hall–Kier alpha value is -2.11. The van der Waals surface area contributed by atoms with Crippen LogP contribution < -0.4 is 5.32 Å². The summed E-state index contributed by atoms with van der Waals surface area (Å²) in [4.78, 5) is 11.9. The number of hydrogen-bond donors (Lipinski definition) is 1.